The molecule has 2 aromatic rings. The lowest BCUT2D eigenvalue weighted by molar-refractivity contribution is 0.121. The molecule has 0 saturated heterocycles. The molecule has 0 bridgehead atoms. The van der Waals surface area contributed by atoms with Crippen LogP contribution in [0.2, 0.25) is 0 Å². The summed E-state index contributed by atoms with van der Waals surface area (Å²) in [5.74, 6) is 1.65. The van der Waals surface area contributed by atoms with Crippen LogP contribution in [-0.4, -0.2) is 34.7 Å². The van der Waals surface area contributed by atoms with Gasteiger partial charge in [0.2, 0.25) is 5.88 Å². The van der Waals surface area contributed by atoms with Gasteiger partial charge in [-0.1, -0.05) is 19.1 Å². The average Bonchev–Trinajstić information content (AvgIpc) is 2.73. The molecule has 5 nitrogen and oxygen atoms in total. The van der Waals surface area contributed by atoms with Crippen LogP contribution in [0.15, 0.2) is 36.4 Å². The van der Waals surface area contributed by atoms with E-state index in [9.17, 15) is 5.11 Å². The van der Waals surface area contributed by atoms with E-state index in [1.165, 1.54) is 5.56 Å². The van der Waals surface area contributed by atoms with Crippen molar-refractivity contribution < 1.29 is 14.6 Å². The lowest BCUT2D eigenvalue weighted by atomic mass is 10.1. The minimum Gasteiger partial charge on any atom is -0.497 e. The highest BCUT2D eigenvalue weighted by molar-refractivity contribution is 5.35. The molecule has 2 heterocycles. The molecule has 0 unspecified atom stereocenters. The van der Waals surface area contributed by atoms with Crippen LogP contribution in [0.3, 0.4) is 0 Å². The summed E-state index contributed by atoms with van der Waals surface area (Å²) in [5.41, 5.74) is 2.00. The van der Waals surface area contributed by atoms with E-state index in [0.29, 0.717) is 0 Å². The van der Waals surface area contributed by atoms with Crippen molar-refractivity contribution in [3.63, 3.8) is 0 Å². The lowest BCUT2D eigenvalue weighted by Crippen LogP contribution is -2.34. The van der Waals surface area contributed by atoms with E-state index in [2.05, 4.69) is 35.9 Å². The smallest absolute Gasteiger partial charge is 0.211 e. The number of aromatic hydroxyl groups is 1. The first kappa shape index (κ1) is 16.6. The predicted octanol–water partition coefficient (Wildman–Crippen LogP) is 3.53. The highest BCUT2D eigenvalue weighted by atomic mass is 16.5. The molecular formula is C19H24N2O3. The molecule has 0 amide bonds. The maximum Gasteiger partial charge on any atom is 0.211 e. The van der Waals surface area contributed by atoms with Gasteiger partial charge in [0.05, 0.1) is 13.2 Å². The highest BCUT2D eigenvalue weighted by Gasteiger charge is 2.29. The fourth-order valence-electron chi connectivity index (χ4n) is 3.04. The fourth-order valence-corrected chi connectivity index (χ4v) is 3.04. The SMILES string of the molecule is CC[C@@H]1CN(Cc2ccc(OC)cc2)[C@H](C)c2nc(O)ccc2O1. The van der Waals surface area contributed by atoms with Crippen molar-refractivity contribution in [3.8, 4) is 17.4 Å². The number of aromatic nitrogens is 1. The number of hydrogen-bond acceptors (Lipinski definition) is 5. The van der Waals surface area contributed by atoms with Gasteiger partial charge >= 0.3 is 0 Å². The second-order valence-electron chi connectivity index (χ2n) is 6.15. The lowest BCUT2D eigenvalue weighted by Gasteiger charge is -2.28. The Balaban J connectivity index is 1.87. The third-order valence-electron chi connectivity index (χ3n) is 4.55. The molecule has 1 aromatic carbocycles. The second kappa shape index (κ2) is 7.09. The van der Waals surface area contributed by atoms with Gasteiger partial charge in [-0.15, -0.1) is 0 Å². The van der Waals surface area contributed by atoms with Gasteiger partial charge in [0.15, 0.2) is 0 Å². The molecule has 3 rings (SSSR count). The van der Waals surface area contributed by atoms with E-state index in [1.54, 1.807) is 13.2 Å². The zero-order chi connectivity index (χ0) is 17.1. The van der Waals surface area contributed by atoms with Crippen LogP contribution in [0.1, 0.15) is 37.6 Å². The van der Waals surface area contributed by atoms with E-state index in [0.717, 1.165) is 36.7 Å². The minimum absolute atomic E-state index is 0.0311. The Hall–Kier alpha value is -2.27. The van der Waals surface area contributed by atoms with Crippen LogP contribution in [0.5, 0.6) is 17.4 Å². The van der Waals surface area contributed by atoms with Gasteiger partial charge in [0, 0.05) is 19.2 Å². The minimum atomic E-state index is 0.0311. The molecule has 0 aliphatic carbocycles. The number of pyridine rings is 1. The fraction of sp³-hybridized carbons (Fsp3) is 0.421. The first-order chi connectivity index (χ1) is 11.6. The van der Waals surface area contributed by atoms with Gasteiger partial charge in [-0.05, 0) is 37.1 Å². The molecule has 5 heteroatoms. The third-order valence-corrected chi connectivity index (χ3v) is 4.55. The Labute approximate surface area is 142 Å². The number of ether oxygens (including phenoxy) is 2. The van der Waals surface area contributed by atoms with Crippen molar-refractivity contribution >= 4 is 0 Å². The normalized spacial score (nSPS) is 20.8. The van der Waals surface area contributed by atoms with E-state index >= 15 is 0 Å². The molecule has 128 valence electrons. The number of benzene rings is 1. The van der Waals surface area contributed by atoms with E-state index < -0.39 is 0 Å². The van der Waals surface area contributed by atoms with Crippen LogP contribution in [0, 0.1) is 0 Å². The Bertz CT molecular complexity index is 688. The number of nitrogens with zero attached hydrogens (tertiary/aromatic N) is 2. The molecule has 0 spiro atoms. The van der Waals surface area contributed by atoms with Gasteiger partial charge in [0.1, 0.15) is 23.3 Å². The summed E-state index contributed by atoms with van der Waals surface area (Å²) in [7, 11) is 1.67. The molecule has 0 fully saturated rings. The number of hydrogen-bond donors (Lipinski definition) is 1. The Morgan fingerprint density at radius 3 is 2.67 bits per heavy atom. The Kier molecular flexibility index (Phi) is 4.90. The van der Waals surface area contributed by atoms with Gasteiger partial charge in [-0.3, -0.25) is 4.90 Å². The van der Waals surface area contributed by atoms with Crippen molar-refractivity contribution in [2.45, 2.75) is 39.0 Å². The Morgan fingerprint density at radius 2 is 2.00 bits per heavy atom. The quantitative estimate of drug-likeness (QED) is 0.930. The van der Waals surface area contributed by atoms with Crippen LogP contribution in [0.4, 0.5) is 0 Å². The first-order valence-corrected chi connectivity index (χ1v) is 8.34. The van der Waals surface area contributed by atoms with Crippen LogP contribution in [-0.2, 0) is 6.54 Å². The van der Waals surface area contributed by atoms with Gasteiger partial charge in [-0.25, -0.2) is 4.98 Å². The summed E-state index contributed by atoms with van der Waals surface area (Å²) in [5, 5.41) is 9.76. The molecule has 1 aromatic heterocycles. The van der Waals surface area contributed by atoms with Crippen molar-refractivity contribution in [1.29, 1.82) is 0 Å². The summed E-state index contributed by atoms with van der Waals surface area (Å²) < 4.78 is 11.3. The largest absolute Gasteiger partial charge is 0.497 e. The van der Waals surface area contributed by atoms with E-state index in [4.69, 9.17) is 9.47 Å². The van der Waals surface area contributed by atoms with Crippen molar-refractivity contribution in [2.75, 3.05) is 13.7 Å². The Morgan fingerprint density at radius 1 is 1.25 bits per heavy atom. The number of rotatable bonds is 4. The summed E-state index contributed by atoms with van der Waals surface area (Å²) in [6.07, 6.45) is 1.03. The number of methoxy groups -OCH3 is 1. The zero-order valence-corrected chi connectivity index (χ0v) is 14.4. The molecule has 24 heavy (non-hydrogen) atoms. The van der Waals surface area contributed by atoms with Crippen LogP contribution >= 0.6 is 0 Å². The van der Waals surface area contributed by atoms with Gasteiger partial charge in [-0.2, -0.15) is 0 Å². The molecule has 0 saturated carbocycles. The number of fused-ring (bicyclic) bond motifs is 1. The van der Waals surface area contributed by atoms with Crippen LogP contribution in [0.25, 0.3) is 0 Å². The average molecular weight is 328 g/mol. The molecular weight excluding hydrogens is 304 g/mol. The summed E-state index contributed by atoms with van der Waals surface area (Å²) in [6, 6.07) is 11.6. The topological polar surface area (TPSA) is 54.8 Å². The predicted molar refractivity (Wildman–Crippen MR) is 92.4 cm³/mol. The van der Waals surface area contributed by atoms with E-state index in [-0.39, 0.29) is 18.0 Å². The summed E-state index contributed by atoms with van der Waals surface area (Å²) in [6.45, 7) is 5.85. The van der Waals surface area contributed by atoms with Crippen LogP contribution < -0.4 is 9.47 Å². The molecule has 2 atom stereocenters. The monoisotopic (exact) mass is 328 g/mol. The van der Waals surface area contributed by atoms with Gasteiger partial charge in [0.25, 0.3) is 0 Å². The maximum atomic E-state index is 9.76. The molecule has 0 radical (unpaired) electrons. The van der Waals surface area contributed by atoms with Gasteiger partial charge < -0.3 is 14.6 Å². The second-order valence-corrected chi connectivity index (χ2v) is 6.15. The summed E-state index contributed by atoms with van der Waals surface area (Å²) >= 11 is 0. The third kappa shape index (κ3) is 3.46. The van der Waals surface area contributed by atoms with Crippen molar-refractivity contribution in [1.82, 2.24) is 9.88 Å². The standard InChI is InChI=1S/C19H24N2O3/c1-4-15-12-21(11-14-5-7-16(23-3)8-6-14)13(2)19-17(24-15)9-10-18(22)20-19/h5-10,13,15H,4,11-12H2,1-3H3,(H,20,22)/t13-,15-/m1/s1. The maximum absolute atomic E-state index is 9.76. The summed E-state index contributed by atoms with van der Waals surface area (Å²) in [4.78, 5) is 6.65. The zero-order valence-electron chi connectivity index (χ0n) is 14.4. The van der Waals surface area contributed by atoms with E-state index in [1.807, 2.05) is 18.2 Å². The first-order valence-electron chi connectivity index (χ1n) is 8.34. The van der Waals surface area contributed by atoms with Crippen molar-refractivity contribution in [3.05, 3.63) is 47.7 Å². The van der Waals surface area contributed by atoms with Crippen molar-refractivity contribution in [2.24, 2.45) is 0 Å². The molecule has 1 aliphatic heterocycles. The molecule has 1 N–H and O–H groups in total. The molecule has 1 aliphatic rings. The highest BCUT2D eigenvalue weighted by Crippen LogP contribution is 2.34.